The van der Waals surface area contributed by atoms with Crippen LogP contribution < -0.4 is 5.32 Å². The molecule has 3 heteroatoms. The Hall–Kier alpha value is -1.35. The first-order valence-corrected chi connectivity index (χ1v) is 5.94. The standard InChI is InChI=1S/C14H22N2O/c1-10-6-7-13(11(2)8-10)9-16(5)14(17)12(3)15-4/h6-8,12,15H,9H2,1-5H3. The van der Waals surface area contributed by atoms with Crippen molar-refractivity contribution in [2.24, 2.45) is 0 Å². The second-order valence-corrected chi connectivity index (χ2v) is 4.63. The lowest BCUT2D eigenvalue weighted by atomic mass is 10.1. The van der Waals surface area contributed by atoms with Crippen molar-refractivity contribution in [3.63, 3.8) is 0 Å². The van der Waals surface area contributed by atoms with Gasteiger partial charge in [0, 0.05) is 13.6 Å². The Labute approximate surface area is 104 Å². The molecular weight excluding hydrogens is 212 g/mol. The van der Waals surface area contributed by atoms with E-state index in [4.69, 9.17) is 0 Å². The summed E-state index contributed by atoms with van der Waals surface area (Å²) >= 11 is 0. The third kappa shape index (κ3) is 3.56. The van der Waals surface area contributed by atoms with E-state index in [2.05, 4.69) is 37.4 Å². The minimum absolute atomic E-state index is 0.118. The van der Waals surface area contributed by atoms with Crippen LogP contribution in [0.4, 0.5) is 0 Å². The first-order valence-electron chi connectivity index (χ1n) is 5.94. The smallest absolute Gasteiger partial charge is 0.239 e. The number of nitrogens with one attached hydrogen (secondary N) is 1. The van der Waals surface area contributed by atoms with Gasteiger partial charge in [-0.2, -0.15) is 0 Å². The molecule has 0 aliphatic carbocycles. The molecule has 17 heavy (non-hydrogen) atoms. The van der Waals surface area contributed by atoms with Gasteiger partial charge in [-0.1, -0.05) is 23.8 Å². The lowest BCUT2D eigenvalue weighted by molar-refractivity contribution is -0.132. The second kappa shape index (κ2) is 5.82. The van der Waals surface area contributed by atoms with E-state index in [0.717, 1.165) is 0 Å². The molecule has 0 radical (unpaired) electrons. The summed E-state index contributed by atoms with van der Waals surface area (Å²) in [5, 5.41) is 2.96. The van der Waals surface area contributed by atoms with E-state index in [-0.39, 0.29) is 11.9 Å². The van der Waals surface area contributed by atoms with Crippen LogP contribution in [0.1, 0.15) is 23.6 Å². The van der Waals surface area contributed by atoms with Crippen molar-refractivity contribution in [3.8, 4) is 0 Å². The number of hydrogen-bond acceptors (Lipinski definition) is 2. The van der Waals surface area contributed by atoms with Gasteiger partial charge in [0.1, 0.15) is 0 Å². The fraction of sp³-hybridized carbons (Fsp3) is 0.500. The fourth-order valence-electron chi connectivity index (χ4n) is 1.81. The van der Waals surface area contributed by atoms with Gasteiger partial charge in [0.15, 0.2) is 0 Å². The number of benzene rings is 1. The highest BCUT2D eigenvalue weighted by Gasteiger charge is 2.16. The van der Waals surface area contributed by atoms with Crippen LogP contribution in [0.3, 0.4) is 0 Å². The van der Waals surface area contributed by atoms with Crippen molar-refractivity contribution in [2.75, 3.05) is 14.1 Å². The summed E-state index contributed by atoms with van der Waals surface area (Å²) in [6.45, 7) is 6.70. The van der Waals surface area contributed by atoms with Crippen LogP contribution in [-0.2, 0) is 11.3 Å². The quantitative estimate of drug-likeness (QED) is 0.862. The number of amides is 1. The van der Waals surface area contributed by atoms with E-state index >= 15 is 0 Å². The molecule has 0 bridgehead atoms. The van der Waals surface area contributed by atoms with Crippen LogP contribution >= 0.6 is 0 Å². The molecule has 1 aromatic rings. The predicted molar refractivity (Wildman–Crippen MR) is 70.9 cm³/mol. The third-order valence-electron chi connectivity index (χ3n) is 3.09. The first kappa shape index (κ1) is 13.7. The molecule has 0 saturated carbocycles. The predicted octanol–water partition coefficient (Wildman–Crippen LogP) is 1.87. The molecule has 0 fully saturated rings. The Morgan fingerprint density at radius 3 is 2.59 bits per heavy atom. The van der Waals surface area contributed by atoms with Crippen LogP contribution in [0.25, 0.3) is 0 Å². The average Bonchev–Trinajstić information content (AvgIpc) is 2.30. The molecule has 1 rings (SSSR count). The van der Waals surface area contributed by atoms with Gasteiger partial charge in [0.2, 0.25) is 5.91 Å². The summed E-state index contributed by atoms with van der Waals surface area (Å²) in [5.74, 6) is 0.118. The Bertz CT molecular complexity index is 401. The fourth-order valence-corrected chi connectivity index (χ4v) is 1.81. The summed E-state index contributed by atoms with van der Waals surface area (Å²) < 4.78 is 0. The number of likely N-dealkylation sites (N-methyl/N-ethyl adjacent to an activating group) is 2. The summed E-state index contributed by atoms with van der Waals surface area (Å²) in [6, 6.07) is 6.20. The van der Waals surface area contributed by atoms with E-state index in [0.29, 0.717) is 6.54 Å². The minimum Gasteiger partial charge on any atom is -0.340 e. The molecular formula is C14H22N2O. The number of carbonyl (C=O) groups excluding carboxylic acids is 1. The monoisotopic (exact) mass is 234 g/mol. The van der Waals surface area contributed by atoms with Crippen molar-refractivity contribution in [2.45, 2.75) is 33.4 Å². The van der Waals surface area contributed by atoms with E-state index in [1.54, 1.807) is 11.9 Å². The molecule has 94 valence electrons. The number of carbonyl (C=O) groups is 1. The van der Waals surface area contributed by atoms with Gasteiger partial charge >= 0.3 is 0 Å². The normalized spacial score (nSPS) is 12.3. The van der Waals surface area contributed by atoms with Crippen LogP contribution in [-0.4, -0.2) is 30.9 Å². The summed E-state index contributed by atoms with van der Waals surface area (Å²) in [7, 11) is 3.64. The zero-order valence-corrected chi connectivity index (χ0v) is 11.4. The largest absolute Gasteiger partial charge is 0.340 e. The van der Waals surface area contributed by atoms with Gasteiger partial charge in [-0.15, -0.1) is 0 Å². The number of nitrogens with zero attached hydrogens (tertiary/aromatic N) is 1. The molecule has 1 N–H and O–H groups in total. The molecule has 0 aromatic heterocycles. The summed E-state index contributed by atoms with van der Waals surface area (Å²) in [6.07, 6.45) is 0. The maximum Gasteiger partial charge on any atom is 0.239 e. The molecule has 1 amide bonds. The van der Waals surface area contributed by atoms with Gasteiger partial charge in [-0.25, -0.2) is 0 Å². The Morgan fingerprint density at radius 1 is 1.41 bits per heavy atom. The van der Waals surface area contributed by atoms with Crippen molar-refractivity contribution < 1.29 is 4.79 Å². The van der Waals surface area contributed by atoms with Gasteiger partial charge in [-0.3, -0.25) is 4.79 Å². The zero-order valence-electron chi connectivity index (χ0n) is 11.4. The lowest BCUT2D eigenvalue weighted by Crippen LogP contribution is -2.41. The highest BCUT2D eigenvalue weighted by molar-refractivity contribution is 5.81. The molecule has 1 unspecified atom stereocenters. The van der Waals surface area contributed by atoms with Crippen molar-refractivity contribution in [1.82, 2.24) is 10.2 Å². The third-order valence-corrected chi connectivity index (χ3v) is 3.09. The molecule has 0 saturated heterocycles. The Morgan fingerprint density at radius 2 is 2.06 bits per heavy atom. The zero-order chi connectivity index (χ0) is 13.0. The lowest BCUT2D eigenvalue weighted by Gasteiger charge is -2.22. The second-order valence-electron chi connectivity index (χ2n) is 4.63. The molecule has 0 aliphatic heterocycles. The van der Waals surface area contributed by atoms with Crippen LogP contribution in [0.15, 0.2) is 18.2 Å². The molecule has 0 heterocycles. The van der Waals surface area contributed by atoms with Crippen LogP contribution in [0.2, 0.25) is 0 Å². The van der Waals surface area contributed by atoms with Crippen molar-refractivity contribution in [1.29, 1.82) is 0 Å². The highest BCUT2D eigenvalue weighted by Crippen LogP contribution is 2.12. The van der Waals surface area contributed by atoms with Gasteiger partial charge in [0.25, 0.3) is 0 Å². The average molecular weight is 234 g/mol. The van der Waals surface area contributed by atoms with Crippen LogP contribution in [0.5, 0.6) is 0 Å². The summed E-state index contributed by atoms with van der Waals surface area (Å²) in [4.78, 5) is 13.7. The van der Waals surface area contributed by atoms with Gasteiger partial charge in [-0.05, 0) is 38.9 Å². The van der Waals surface area contributed by atoms with E-state index < -0.39 is 0 Å². The van der Waals surface area contributed by atoms with Gasteiger partial charge < -0.3 is 10.2 Å². The van der Waals surface area contributed by atoms with E-state index in [1.807, 2.05) is 14.0 Å². The Kier molecular flexibility index (Phi) is 4.70. The topological polar surface area (TPSA) is 32.3 Å². The molecule has 0 aliphatic rings. The molecule has 0 spiro atoms. The van der Waals surface area contributed by atoms with E-state index in [9.17, 15) is 4.79 Å². The van der Waals surface area contributed by atoms with Crippen LogP contribution in [0, 0.1) is 13.8 Å². The minimum atomic E-state index is -0.134. The Balaban J connectivity index is 2.74. The maximum absolute atomic E-state index is 11.9. The molecule has 1 aromatic carbocycles. The van der Waals surface area contributed by atoms with Gasteiger partial charge in [0.05, 0.1) is 6.04 Å². The SMILES string of the molecule is CNC(C)C(=O)N(C)Cc1ccc(C)cc1C. The first-order chi connectivity index (χ1) is 7.95. The number of aryl methyl sites for hydroxylation is 2. The van der Waals surface area contributed by atoms with Crippen molar-refractivity contribution in [3.05, 3.63) is 34.9 Å². The highest BCUT2D eigenvalue weighted by atomic mass is 16.2. The molecule has 3 nitrogen and oxygen atoms in total. The van der Waals surface area contributed by atoms with Crippen molar-refractivity contribution >= 4 is 5.91 Å². The van der Waals surface area contributed by atoms with E-state index in [1.165, 1.54) is 16.7 Å². The number of rotatable bonds is 4. The summed E-state index contributed by atoms with van der Waals surface area (Å²) in [5.41, 5.74) is 3.69. The maximum atomic E-state index is 11.9. The molecule has 1 atom stereocenters. The number of hydrogen-bond donors (Lipinski definition) is 1.